The molecule has 2 rings (SSSR count). The third kappa shape index (κ3) is 3.32. The maximum absolute atomic E-state index is 11.6. The quantitative estimate of drug-likeness (QED) is 0.888. The zero-order valence-corrected chi connectivity index (χ0v) is 10.5. The molecule has 0 saturated heterocycles. The van der Waals surface area contributed by atoms with Gasteiger partial charge in [0.05, 0.1) is 6.61 Å². The van der Waals surface area contributed by atoms with Crippen LogP contribution in [0.15, 0.2) is 18.2 Å². The van der Waals surface area contributed by atoms with Crippen LogP contribution in [0.4, 0.5) is 5.69 Å². The number of fused-ring (bicyclic) bond motifs is 1. The number of hydrogen-bond acceptors (Lipinski definition) is 3. The number of nitrogens with one attached hydrogen (secondary N) is 1. The van der Waals surface area contributed by atoms with Gasteiger partial charge in [0.1, 0.15) is 11.5 Å². The van der Waals surface area contributed by atoms with Gasteiger partial charge in [0.2, 0.25) is 5.91 Å². The monoisotopic (exact) mass is 247 g/mol. The van der Waals surface area contributed by atoms with Crippen molar-refractivity contribution in [2.45, 2.75) is 32.6 Å². The van der Waals surface area contributed by atoms with Crippen LogP contribution in [0.3, 0.4) is 0 Å². The number of Topliss-reactive ketones (excluding diaryl/α,β-unsaturated/α-hetero) is 1. The predicted octanol–water partition coefficient (Wildman–Crippen LogP) is 2.32. The molecule has 1 N–H and O–H groups in total. The van der Waals surface area contributed by atoms with Gasteiger partial charge >= 0.3 is 0 Å². The second-order valence-electron chi connectivity index (χ2n) is 4.52. The molecule has 0 fully saturated rings. The normalized spacial score (nSPS) is 13.4. The van der Waals surface area contributed by atoms with Gasteiger partial charge in [-0.05, 0) is 43.5 Å². The number of hydrogen-bond donors (Lipinski definition) is 1. The Morgan fingerprint density at radius 2 is 2.17 bits per heavy atom. The molecule has 1 amide bonds. The lowest BCUT2D eigenvalue weighted by Gasteiger charge is -2.18. The van der Waals surface area contributed by atoms with Crippen molar-refractivity contribution in [3.63, 3.8) is 0 Å². The largest absolute Gasteiger partial charge is 0.493 e. The molecule has 0 unspecified atom stereocenters. The van der Waals surface area contributed by atoms with Crippen molar-refractivity contribution in [2.75, 3.05) is 11.9 Å². The van der Waals surface area contributed by atoms with E-state index in [-0.39, 0.29) is 18.1 Å². The highest BCUT2D eigenvalue weighted by Gasteiger charge is 2.11. The third-order valence-corrected chi connectivity index (χ3v) is 2.90. The summed E-state index contributed by atoms with van der Waals surface area (Å²) in [6.45, 7) is 2.25. The lowest BCUT2D eigenvalue weighted by molar-refractivity contribution is -0.121. The van der Waals surface area contributed by atoms with Gasteiger partial charge in [0, 0.05) is 18.5 Å². The van der Waals surface area contributed by atoms with Crippen molar-refractivity contribution >= 4 is 17.4 Å². The second kappa shape index (κ2) is 5.67. The van der Waals surface area contributed by atoms with Crippen molar-refractivity contribution in [3.8, 4) is 5.75 Å². The number of carbonyl (C=O) groups excluding carboxylic acids is 2. The summed E-state index contributed by atoms with van der Waals surface area (Å²) in [7, 11) is 0. The van der Waals surface area contributed by atoms with Crippen molar-refractivity contribution < 1.29 is 14.3 Å². The fraction of sp³-hybridized carbons (Fsp3) is 0.429. The fourth-order valence-electron chi connectivity index (χ4n) is 1.95. The second-order valence-corrected chi connectivity index (χ2v) is 4.52. The van der Waals surface area contributed by atoms with Gasteiger partial charge in [0.15, 0.2) is 0 Å². The molecule has 4 heteroatoms. The van der Waals surface area contributed by atoms with Crippen LogP contribution in [0.2, 0.25) is 0 Å². The molecule has 1 aliphatic rings. The first-order valence-electron chi connectivity index (χ1n) is 6.20. The van der Waals surface area contributed by atoms with E-state index in [4.69, 9.17) is 4.74 Å². The third-order valence-electron chi connectivity index (χ3n) is 2.90. The average molecular weight is 247 g/mol. The fourth-order valence-corrected chi connectivity index (χ4v) is 1.95. The molecule has 0 aromatic heterocycles. The molecule has 96 valence electrons. The Labute approximate surface area is 106 Å². The van der Waals surface area contributed by atoms with E-state index in [0.717, 1.165) is 36.4 Å². The van der Waals surface area contributed by atoms with Crippen LogP contribution in [0.25, 0.3) is 0 Å². The summed E-state index contributed by atoms with van der Waals surface area (Å²) in [5.41, 5.74) is 1.90. The number of carbonyl (C=O) groups is 2. The summed E-state index contributed by atoms with van der Waals surface area (Å²) in [6.07, 6.45) is 2.52. The van der Waals surface area contributed by atoms with Gasteiger partial charge in [-0.1, -0.05) is 0 Å². The topological polar surface area (TPSA) is 55.4 Å². The van der Waals surface area contributed by atoms with Crippen molar-refractivity contribution in [1.82, 2.24) is 0 Å². The van der Waals surface area contributed by atoms with Crippen LogP contribution in [0, 0.1) is 0 Å². The molecular formula is C14H17NO3. The van der Waals surface area contributed by atoms with Crippen molar-refractivity contribution in [1.29, 1.82) is 0 Å². The van der Waals surface area contributed by atoms with Crippen LogP contribution < -0.4 is 10.1 Å². The SMILES string of the molecule is CC(=O)CCC(=O)Nc1ccc2c(c1)CCCO2. The molecule has 1 aromatic carbocycles. The molecule has 18 heavy (non-hydrogen) atoms. The molecule has 0 saturated carbocycles. The molecule has 0 radical (unpaired) electrons. The van der Waals surface area contributed by atoms with E-state index in [2.05, 4.69) is 5.32 Å². The standard InChI is InChI=1S/C14H17NO3/c1-10(16)4-7-14(17)15-12-5-6-13-11(9-12)3-2-8-18-13/h5-6,9H,2-4,7-8H2,1H3,(H,15,17). The number of ether oxygens (including phenoxy) is 1. The zero-order valence-electron chi connectivity index (χ0n) is 10.5. The Kier molecular flexibility index (Phi) is 3.97. The van der Waals surface area contributed by atoms with Crippen LogP contribution in [-0.2, 0) is 16.0 Å². The maximum Gasteiger partial charge on any atom is 0.224 e. The number of amides is 1. The van der Waals surface area contributed by atoms with E-state index in [9.17, 15) is 9.59 Å². The minimum atomic E-state index is -0.123. The van der Waals surface area contributed by atoms with Crippen molar-refractivity contribution in [3.05, 3.63) is 23.8 Å². The summed E-state index contributed by atoms with van der Waals surface area (Å²) < 4.78 is 5.51. The van der Waals surface area contributed by atoms with E-state index in [1.54, 1.807) is 0 Å². The van der Waals surface area contributed by atoms with E-state index in [1.165, 1.54) is 6.92 Å². The summed E-state index contributed by atoms with van der Waals surface area (Å²) in [5.74, 6) is 0.814. The number of ketones is 1. The minimum absolute atomic E-state index is 0.0315. The summed E-state index contributed by atoms with van der Waals surface area (Å²) in [5, 5.41) is 2.80. The predicted molar refractivity (Wildman–Crippen MR) is 68.8 cm³/mol. The molecule has 0 aliphatic carbocycles. The summed E-state index contributed by atoms with van der Waals surface area (Å²) in [4.78, 5) is 22.4. The molecule has 1 heterocycles. The van der Waals surface area contributed by atoms with Gasteiger partial charge in [0.25, 0.3) is 0 Å². The van der Waals surface area contributed by atoms with Gasteiger partial charge in [-0.15, -0.1) is 0 Å². The Hall–Kier alpha value is -1.84. The van der Waals surface area contributed by atoms with Crippen LogP contribution in [0.1, 0.15) is 31.7 Å². The molecule has 1 aromatic rings. The summed E-state index contributed by atoms with van der Waals surface area (Å²) >= 11 is 0. The van der Waals surface area contributed by atoms with Crippen LogP contribution in [0.5, 0.6) is 5.75 Å². The smallest absolute Gasteiger partial charge is 0.224 e. The van der Waals surface area contributed by atoms with Gasteiger partial charge < -0.3 is 14.8 Å². The molecule has 0 spiro atoms. The number of benzene rings is 1. The first-order chi connectivity index (χ1) is 8.65. The Morgan fingerprint density at radius 3 is 2.94 bits per heavy atom. The van der Waals surface area contributed by atoms with Gasteiger partial charge in [-0.25, -0.2) is 0 Å². The number of aryl methyl sites for hydroxylation is 1. The minimum Gasteiger partial charge on any atom is -0.493 e. The lowest BCUT2D eigenvalue weighted by atomic mass is 10.1. The van der Waals surface area contributed by atoms with E-state index >= 15 is 0 Å². The summed E-state index contributed by atoms with van der Waals surface area (Å²) in [6, 6.07) is 5.66. The lowest BCUT2D eigenvalue weighted by Crippen LogP contribution is -2.14. The number of anilines is 1. The highest BCUT2D eigenvalue weighted by atomic mass is 16.5. The highest BCUT2D eigenvalue weighted by Crippen LogP contribution is 2.27. The molecule has 0 atom stereocenters. The first-order valence-corrected chi connectivity index (χ1v) is 6.20. The average Bonchev–Trinajstić information content (AvgIpc) is 2.36. The zero-order chi connectivity index (χ0) is 13.0. The molecular weight excluding hydrogens is 230 g/mol. The maximum atomic E-state index is 11.6. The number of rotatable bonds is 4. The van der Waals surface area contributed by atoms with Crippen molar-refractivity contribution in [2.24, 2.45) is 0 Å². The van der Waals surface area contributed by atoms with Crippen LogP contribution >= 0.6 is 0 Å². The Balaban J connectivity index is 1.97. The molecule has 0 bridgehead atoms. The highest BCUT2D eigenvalue weighted by molar-refractivity contribution is 5.93. The molecule has 4 nitrogen and oxygen atoms in total. The molecule has 1 aliphatic heterocycles. The van der Waals surface area contributed by atoms with E-state index in [0.29, 0.717) is 6.42 Å². The van der Waals surface area contributed by atoms with Gasteiger partial charge in [-0.3, -0.25) is 4.79 Å². The first kappa shape index (κ1) is 12.6. The Morgan fingerprint density at radius 1 is 1.33 bits per heavy atom. The van der Waals surface area contributed by atoms with E-state index < -0.39 is 0 Å². The van der Waals surface area contributed by atoms with Crippen LogP contribution in [-0.4, -0.2) is 18.3 Å². The van der Waals surface area contributed by atoms with E-state index in [1.807, 2.05) is 18.2 Å². The Bertz CT molecular complexity index is 468. The van der Waals surface area contributed by atoms with Gasteiger partial charge in [-0.2, -0.15) is 0 Å².